The maximum absolute atomic E-state index is 2.54. The third kappa shape index (κ3) is 0.990. The SMILES string of the molecule is CC1=CC[C@@H]2C(C)(C)[C@@H]3C[C@]12CC[C@@H]3C. The van der Waals surface area contributed by atoms with Crippen LogP contribution in [0.5, 0.6) is 0 Å². The zero-order valence-electron chi connectivity index (χ0n) is 10.6. The molecule has 0 unspecified atom stereocenters. The van der Waals surface area contributed by atoms with Crippen molar-refractivity contribution in [1.82, 2.24) is 0 Å². The Morgan fingerprint density at radius 3 is 2.80 bits per heavy atom. The molecule has 0 saturated heterocycles. The van der Waals surface area contributed by atoms with Gasteiger partial charge in [-0.1, -0.05) is 32.4 Å². The molecular formula is C15H24. The standard InChI is InChI=1S/C15H24/c1-10-7-8-15-9-12(10)14(3,4)13(15)6-5-11(15)2/h5,10,12-13H,6-9H2,1-4H3/t10-,12+,13+,15+/m0/s1. The Balaban J connectivity index is 2.08. The van der Waals surface area contributed by atoms with Gasteiger partial charge in [-0.3, -0.25) is 0 Å². The Kier molecular flexibility index (Phi) is 1.79. The van der Waals surface area contributed by atoms with Crippen molar-refractivity contribution in [2.24, 2.45) is 28.6 Å². The highest BCUT2D eigenvalue weighted by atomic mass is 14.7. The van der Waals surface area contributed by atoms with Crippen molar-refractivity contribution in [3.63, 3.8) is 0 Å². The van der Waals surface area contributed by atoms with Gasteiger partial charge >= 0.3 is 0 Å². The predicted molar refractivity (Wildman–Crippen MR) is 64.6 cm³/mol. The van der Waals surface area contributed by atoms with Gasteiger partial charge in [-0.2, -0.15) is 0 Å². The fourth-order valence-electron chi connectivity index (χ4n) is 5.33. The number of hydrogen-bond acceptors (Lipinski definition) is 0. The molecule has 0 aromatic rings. The highest BCUT2D eigenvalue weighted by molar-refractivity contribution is 5.28. The van der Waals surface area contributed by atoms with Crippen LogP contribution in [0.2, 0.25) is 0 Å². The molecule has 0 aromatic carbocycles. The molecule has 4 atom stereocenters. The molecule has 0 amide bonds. The maximum Gasteiger partial charge on any atom is -0.00514 e. The summed E-state index contributed by atoms with van der Waals surface area (Å²) in [5.41, 5.74) is 2.96. The Bertz CT molecular complexity index is 323. The van der Waals surface area contributed by atoms with Crippen LogP contribution in [-0.2, 0) is 0 Å². The van der Waals surface area contributed by atoms with Crippen molar-refractivity contribution in [3.8, 4) is 0 Å². The summed E-state index contributed by atoms with van der Waals surface area (Å²) in [6.45, 7) is 9.96. The summed E-state index contributed by atoms with van der Waals surface area (Å²) in [7, 11) is 0. The smallest absolute Gasteiger partial charge is 0.00514 e. The third-order valence-corrected chi connectivity index (χ3v) is 6.28. The lowest BCUT2D eigenvalue weighted by Crippen LogP contribution is -2.28. The largest absolute Gasteiger partial charge is 0.0847 e. The van der Waals surface area contributed by atoms with Gasteiger partial charge in [0, 0.05) is 0 Å². The molecule has 1 spiro atoms. The second kappa shape index (κ2) is 2.70. The van der Waals surface area contributed by atoms with Crippen molar-refractivity contribution in [2.45, 2.75) is 53.4 Å². The molecule has 0 aliphatic heterocycles. The van der Waals surface area contributed by atoms with E-state index in [9.17, 15) is 0 Å². The van der Waals surface area contributed by atoms with Crippen LogP contribution in [0, 0.1) is 28.6 Å². The molecule has 3 aliphatic carbocycles. The van der Waals surface area contributed by atoms with E-state index in [4.69, 9.17) is 0 Å². The lowest BCUT2D eigenvalue weighted by atomic mass is 9.67. The first-order valence-corrected chi connectivity index (χ1v) is 6.66. The van der Waals surface area contributed by atoms with Crippen LogP contribution in [-0.4, -0.2) is 0 Å². The van der Waals surface area contributed by atoms with Crippen molar-refractivity contribution in [2.75, 3.05) is 0 Å². The summed E-state index contributed by atoms with van der Waals surface area (Å²) in [6, 6.07) is 0. The van der Waals surface area contributed by atoms with E-state index in [0.717, 1.165) is 17.8 Å². The number of fused-ring (bicyclic) bond motifs is 1. The summed E-state index contributed by atoms with van der Waals surface area (Å²) in [6.07, 6.45) is 8.34. The van der Waals surface area contributed by atoms with Crippen LogP contribution in [0.15, 0.2) is 11.6 Å². The first-order valence-electron chi connectivity index (χ1n) is 6.66. The second-order valence-electron chi connectivity index (χ2n) is 6.98. The van der Waals surface area contributed by atoms with Crippen molar-refractivity contribution < 1.29 is 0 Å². The minimum Gasteiger partial charge on any atom is -0.0847 e. The van der Waals surface area contributed by atoms with E-state index in [2.05, 4.69) is 33.8 Å². The van der Waals surface area contributed by atoms with Crippen LogP contribution in [0.25, 0.3) is 0 Å². The molecule has 0 radical (unpaired) electrons. The van der Waals surface area contributed by atoms with Crippen LogP contribution in [0.1, 0.15) is 53.4 Å². The molecule has 0 aromatic heterocycles. The average Bonchev–Trinajstić information content (AvgIpc) is 2.57. The Hall–Kier alpha value is -0.260. The average molecular weight is 204 g/mol. The number of rotatable bonds is 0. The lowest BCUT2D eigenvalue weighted by molar-refractivity contribution is 0.144. The highest BCUT2D eigenvalue weighted by Crippen LogP contribution is 2.70. The van der Waals surface area contributed by atoms with Gasteiger partial charge in [-0.25, -0.2) is 0 Å². The fraction of sp³-hybridized carbons (Fsp3) is 0.867. The lowest BCUT2D eigenvalue weighted by Gasteiger charge is -2.37. The molecule has 2 bridgehead atoms. The maximum atomic E-state index is 2.54. The van der Waals surface area contributed by atoms with Crippen LogP contribution < -0.4 is 0 Å². The molecular weight excluding hydrogens is 180 g/mol. The minimum absolute atomic E-state index is 0.587. The zero-order valence-corrected chi connectivity index (χ0v) is 10.6. The second-order valence-corrected chi connectivity index (χ2v) is 6.98. The van der Waals surface area contributed by atoms with E-state index in [1.165, 1.54) is 25.7 Å². The highest BCUT2D eigenvalue weighted by Gasteiger charge is 2.62. The van der Waals surface area contributed by atoms with E-state index in [1.54, 1.807) is 5.57 Å². The topological polar surface area (TPSA) is 0 Å². The van der Waals surface area contributed by atoms with Gasteiger partial charge in [0.15, 0.2) is 0 Å². The third-order valence-electron chi connectivity index (χ3n) is 6.28. The molecule has 3 rings (SSSR count). The molecule has 3 aliphatic rings. The monoisotopic (exact) mass is 204 g/mol. The molecule has 0 heteroatoms. The Labute approximate surface area is 94.1 Å². The summed E-state index contributed by atoms with van der Waals surface area (Å²) < 4.78 is 0. The van der Waals surface area contributed by atoms with E-state index in [1.807, 2.05) is 0 Å². The molecule has 0 N–H and O–H groups in total. The van der Waals surface area contributed by atoms with Gasteiger partial charge in [-0.15, -0.1) is 0 Å². The predicted octanol–water partition coefficient (Wildman–Crippen LogP) is 4.42. The number of allylic oxidation sites excluding steroid dienone is 2. The molecule has 2 fully saturated rings. The molecule has 15 heavy (non-hydrogen) atoms. The first kappa shape index (κ1) is 9.93. The van der Waals surface area contributed by atoms with Crippen LogP contribution in [0.3, 0.4) is 0 Å². The molecule has 0 nitrogen and oxygen atoms in total. The van der Waals surface area contributed by atoms with Gasteiger partial charge in [-0.05, 0) is 61.2 Å². The zero-order chi connectivity index (χ0) is 10.8. The summed E-state index contributed by atoms with van der Waals surface area (Å²) in [5, 5.41) is 0. The normalized spacial score (nSPS) is 51.5. The fourth-order valence-corrected chi connectivity index (χ4v) is 5.33. The summed E-state index contributed by atoms with van der Waals surface area (Å²) >= 11 is 0. The van der Waals surface area contributed by atoms with E-state index < -0.39 is 0 Å². The molecule has 84 valence electrons. The van der Waals surface area contributed by atoms with E-state index in [0.29, 0.717) is 10.8 Å². The van der Waals surface area contributed by atoms with Crippen LogP contribution in [0.4, 0.5) is 0 Å². The quantitative estimate of drug-likeness (QED) is 0.513. The first-order chi connectivity index (χ1) is 6.98. The van der Waals surface area contributed by atoms with Gasteiger partial charge in [0.25, 0.3) is 0 Å². The van der Waals surface area contributed by atoms with Crippen molar-refractivity contribution in [3.05, 3.63) is 11.6 Å². The van der Waals surface area contributed by atoms with Gasteiger partial charge in [0.2, 0.25) is 0 Å². The molecule has 0 heterocycles. The van der Waals surface area contributed by atoms with E-state index in [-0.39, 0.29) is 0 Å². The van der Waals surface area contributed by atoms with Gasteiger partial charge < -0.3 is 0 Å². The summed E-state index contributed by atoms with van der Waals surface area (Å²) in [4.78, 5) is 0. The summed E-state index contributed by atoms with van der Waals surface area (Å²) in [5.74, 6) is 2.91. The minimum atomic E-state index is 0.587. The Morgan fingerprint density at radius 2 is 2.07 bits per heavy atom. The van der Waals surface area contributed by atoms with Gasteiger partial charge in [0.1, 0.15) is 0 Å². The molecule has 2 saturated carbocycles. The number of hydrogen-bond donors (Lipinski definition) is 0. The van der Waals surface area contributed by atoms with Crippen molar-refractivity contribution >= 4 is 0 Å². The Morgan fingerprint density at radius 1 is 1.33 bits per heavy atom. The van der Waals surface area contributed by atoms with E-state index >= 15 is 0 Å². The van der Waals surface area contributed by atoms with Crippen molar-refractivity contribution in [1.29, 1.82) is 0 Å². The van der Waals surface area contributed by atoms with Gasteiger partial charge in [0.05, 0.1) is 0 Å². The van der Waals surface area contributed by atoms with Crippen LogP contribution >= 0.6 is 0 Å².